The second kappa shape index (κ2) is 9.99. The minimum absolute atomic E-state index is 0. The fraction of sp³-hybridized carbons (Fsp3) is 0.579. The topological polar surface area (TPSA) is 56.7 Å². The molecule has 1 unspecified atom stereocenters. The maximum Gasteiger partial charge on any atom is 0.227 e. The van der Waals surface area contributed by atoms with Gasteiger partial charge in [0.2, 0.25) is 5.91 Å². The van der Waals surface area contributed by atoms with Crippen LogP contribution in [0.3, 0.4) is 0 Å². The highest BCUT2D eigenvalue weighted by atomic mass is 127. The van der Waals surface area contributed by atoms with Crippen molar-refractivity contribution in [1.82, 2.24) is 15.5 Å². The van der Waals surface area contributed by atoms with E-state index in [1.54, 1.807) is 14.1 Å². The lowest BCUT2D eigenvalue weighted by Gasteiger charge is -2.27. The Morgan fingerprint density at radius 2 is 2.00 bits per heavy atom. The largest absolute Gasteiger partial charge is 0.359 e. The van der Waals surface area contributed by atoms with Gasteiger partial charge in [-0.1, -0.05) is 30.3 Å². The number of rotatable bonds is 5. The molecule has 0 aromatic heterocycles. The summed E-state index contributed by atoms with van der Waals surface area (Å²) in [6.07, 6.45) is 2.28. The Labute approximate surface area is 168 Å². The summed E-state index contributed by atoms with van der Waals surface area (Å²) in [5.41, 5.74) is 0.932. The van der Waals surface area contributed by atoms with Gasteiger partial charge in [0.05, 0.1) is 5.41 Å². The third kappa shape index (κ3) is 6.17. The van der Waals surface area contributed by atoms with Crippen molar-refractivity contribution in [2.75, 3.05) is 33.7 Å². The maximum absolute atomic E-state index is 11.9. The van der Waals surface area contributed by atoms with Gasteiger partial charge in [0.15, 0.2) is 5.96 Å². The summed E-state index contributed by atoms with van der Waals surface area (Å²) >= 11 is 0. The van der Waals surface area contributed by atoms with Gasteiger partial charge in [0.1, 0.15) is 0 Å². The van der Waals surface area contributed by atoms with E-state index in [0.29, 0.717) is 12.5 Å². The van der Waals surface area contributed by atoms with Gasteiger partial charge in [-0.2, -0.15) is 0 Å². The smallest absolute Gasteiger partial charge is 0.227 e. The lowest BCUT2D eigenvalue weighted by molar-refractivity contribution is -0.128. The first kappa shape index (κ1) is 21.7. The van der Waals surface area contributed by atoms with Crippen LogP contribution in [0.25, 0.3) is 0 Å². The molecule has 0 radical (unpaired) electrons. The van der Waals surface area contributed by atoms with Gasteiger partial charge in [0.25, 0.3) is 0 Å². The maximum atomic E-state index is 11.9. The van der Waals surface area contributed by atoms with Crippen molar-refractivity contribution in [3.63, 3.8) is 0 Å². The molecule has 1 amide bonds. The van der Waals surface area contributed by atoms with Gasteiger partial charge in [-0.25, -0.2) is 0 Å². The Balaban J connectivity index is 0.00000312. The number of aliphatic imine (C=N–C) groups is 1. The van der Waals surface area contributed by atoms with Crippen LogP contribution in [-0.4, -0.2) is 50.5 Å². The summed E-state index contributed by atoms with van der Waals surface area (Å²) in [6, 6.07) is 10.7. The quantitative estimate of drug-likeness (QED) is 0.405. The molecule has 0 spiro atoms. The third-order valence-corrected chi connectivity index (χ3v) is 4.69. The number of likely N-dealkylation sites (tertiary alicyclic amines) is 1. The van der Waals surface area contributed by atoms with E-state index in [1.165, 1.54) is 12.0 Å². The number of carbonyl (C=O) groups is 1. The zero-order valence-corrected chi connectivity index (χ0v) is 18.0. The Kier molecular flexibility index (Phi) is 8.68. The molecule has 2 rings (SSSR count). The molecule has 1 aliphatic rings. The van der Waals surface area contributed by atoms with Crippen molar-refractivity contribution in [3.8, 4) is 0 Å². The molecule has 1 fully saturated rings. The average molecular weight is 458 g/mol. The summed E-state index contributed by atoms with van der Waals surface area (Å²) < 4.78 is 0. The molecule has 1 atom stereocenters. The second-order valence-electron chi connectivity index (χ2n) is 7.15. The first-order valence-corrected chi connectivity index (χ1v) is 8.68. The van der Waals surface area contributed by atoms with Crippen LogP contribution in [0, 0.1) is 11.3 Å². The molecule has 0 bridgehead atoms. The zero-order valence-electron chi connectivity index (χ0n) is 15.7. The fourth-order valence-corrected chi connectivity index (χ4v) is 3.19. The number of hydrogen-bond acceptors (Lipinski definition) is 2. The minimum atomic E-state index is -0.464. The van der Waals surface area contributed by atoms with E-state index in [1.807, 2.05) is 13.8 Å². The number of amides is 1. The molecular formula is C19H31IN4O. The average Bonchev–Trinajstić information content (AvgIpc) is 3.03. The van der Waals surface area contributed by atoms with Gasteiger partial charge in [0, 0.05) is 33.7 Å². The van der Waals surface area contributed by atoms with E-state index in [0.717, 1.165) is 25.5 Å². The van der Waals surface area contributed by atoms with Gasteiger partial charge in [-0.05, 0) is 38.2 Å². The van der Waals surface area contributed by atoms with Gasteiger partial charge in [-0.15, -0.1) is 24.0 Å². The molecule has 1 heterocycles. The number of guanidine groups is 1. The van der Waals surface area contributed by atoms with E-state index in [2.05, 4.69) is 50.9 Å². The number of benzene rings is 1. The first-order chi connectivity index (χ1) is 11.5. The van der Waals surface area contributed by atoms with Gasteiger partial charge < -0.3 is 15.5 Å². The highest BCUT2D eigenvalue weighted by Crippen LogP contribution is 2.21. The molecule has 1 aliphatic heterocycles. The van der Waals surface area contributed by atoms with Crippen LogP contribution in [0.15, 0.2) is 35.3 Å². The SMILES string of the molecule is CN=C(NCC(C)(C)C(=O)NC)N1CCC(Cc2ccccc2)C1.I. The third-order valence-electron chi connectivity index (χ3n) is 4.69. The summed E-state index contributed by atoms with van der Waals surface area (Å²) in [5, 5.41) is 6.08. The van der Waals surface area contributed by atoms with Crippen molar-refractivity contribution in [3.05, 3.63) is 35.9 Å². The Morgan fingerprint density at radius 3 is 2.60 bits per heavy atom. The second-order valence-corrected chi connectivity index (χ2v) is 7.15. The van der Waals surface area contributed by atoms with Crippen LogP contribution in [0.4, 0.5) is 0 Å². The first-order valence-electron chi connectivity index (χ1n) is 8.68. The van der Waals surface area contributed by atoms with E-state index in [4.69, 9.17) is 0 Å². The van der Waals surface area contributed by atoms with Crippen LogP contribution in [0.2, 0.25) is 0 Å². The van der Waals surface area contributed by atoms with Gasteiger partial charge >= 0.3 is 0 Å². The molecule has 0 aliphatic carbocycles. The normalized spacial score (nSPS) is 17.8. The van der Waals surface area contributed by atoms with E-state index >= 15 is 0 Å². The lowest BCUT2D eigenvalue weighted by Crippen LogP contribution is -2.48. The molecule has 1 saturated heterocycles. The van der Waals surface area contributed by atoms with Gasteiger partial charge in [-0.3, -0.25) is 9.79 Å². The van der Waals surface area contributed by atoms with Crippen LogP contribution >= 0.6 is 24.0 Å². The molecule has 1 aromatic rings. The van der Waals surface area contributed by atoms with Crippen LogP contribution in [-0.2, 0) is 11.2 Å². The molecule has 140 valence electrons. The number of hydrogen-bond donors (Lipinski definition) is 2. The minimum Gasteiger partial charge on any atom is -0.359 e. The molecule has 5 nitrogen and oxygen atoms in total. The fourth-order valence-electron chi connectivity index (χ4n) is 3.19. The van der Waals surface area contributed by atoms with Crippen molar-refractivity contribution < 1.29 is 4.79 Å². The van der Waals surface area contributed by atoms with Crippen molar-refractivity contribution in [2.45, 2.75) is 26.7 Å². The van der Waals surface area contributed by atoms with Crippen LogP contribution in [0.1, 0.15) is 25.8 Å². The molecule has 1 aromatic carbocycles. The van der Waals surface area contributed by atoms with Crippen molar-refractivity contribution in [1.29, 1.82) is 0 Å². The number of nitrogens with zero attached hydrogens (tertiary/aromatic N) is 2. The molecule has 2 N–H and O–H groups in total. The van der Waals surface area contributed by atoms with E-state index in [-0.39, 0.29) is 29.9 Å². The van der Waals surface area contributed by atoms with Crippen LogP contribution in [0.5, 0.6) is 0 Å². The predicted molar refractivity (Wildman–Crippen MR) is 114 cm³/mol. The Bertz CT molecular complexity index is 574. The number of nitrogens with one attached hydrogen (secondary N) is 2. The van der Waals surface area contributed by atoms with Crippen molar-refractivity contribution in [2.24, 2.45) is 16.3 Å². The zero-order chi connectivity index (χ0) is 17.6. The highest BCUT2D eigenvalue weighted by molar-refractivity contribution is 14.0. The Morgan fingerprint density at radius 1 is 1.32 bits per heavy atom. The van der Waals surface area contributed by atoms with E-state index < -0.39 is 5.41 Å². The highest BCUT2D eigenvalue weighted by Gasteiger charge is 2.29. The summed E-state index contributed by atoms with van der Waals surface area (Å²) in [7, 11) is 3.48. The number of carbonyl (C=O) groups excluding carboxylic acids is 1. The molecular weight excluding hydrogens is 427 g/mol. The van der Waals surface area contributed by atoms with Crippen molar-refractivity contribution >= 4 is 35.8 Å². The lowest BCUT2D eigenvalue weighted by atomic mass is 9.92. The summed E-state index contributed by atoms with van der Waals surface area (Å²) in [5.74, 6) is 1.58. The summed E-state index contributed by atoms with van der Waals surface area (Å²) in [4.78, 5) is 18.6. The van der Waals surface area contributed by atoms with Crippen LogP contribution < -0.4 is 10.6 Å². The molecule has 25 heavy (non-hydrogen) atoms. The number of halogens is 1. The molecule has 6 heteroatoms. The monoisotopic (exact) mass is 458 g/mol. The predicted octanol–water partition coefficient (Wildman–Crippen LogP) is 2.52. The Hall–Kier alpha value is -1.31. The summed E-state index contributed by atoms with van der Waals surface area (Å²) in [6.45, 7) is 6.47. The standard InChI is InChI=1S/C19H30N4O.HI/c1-19(2,17(24)20-3)14-22-18(21-4)23-11-10-16(13-23)12-15-8-6-5-7-9-15;/h5-9,16H,10-14H2,1-4H3,(H,20,24)(H,21,22);1H. The molecule has 0 saturated carbocycles. The van der Waals surface area contributed by atoms with E-state index in [9.17, 15) is 4.79 Å².